The van der Waals surface area contributed by atoms with Gasteiger partial charge in [-0.05, 0) is 48.5 Å². The van der Waals surface area contributed by atoms with Crippen molar-refractivity contribution in [2.45, 2.75) is 4.90 Å². The summed E-state index contributed by atoms with van der Waals surface area (Å²) in [4.78, 5) is 16.9. The summed E-state index contributed by atoms with van der Waals surface area (Å²) in [5.41, 5.74) is 1.53. The standard InChI is InChI=1S/C26H29N3O5S/c1-27(35(31,32)23-8-4-3-5-9-23)21-12-14-22(15-13-21)34-20-26(30)29-18-16-28(17-19-29)24-10-6-7-11-25(24)33-2/h3-15H,16-20H2,1-2H3. The number of piperazine rings is 1. The number of benzene rings is 3. The molecule has 0 radical (unpaired) electrons. The van der Waals surface area contributed by atoms with Crippen molar-refractivity contribution in [2.24, 2.45) is 0 Å². The molecule has 1 saturated heterocycles. The van der Waals surface area contributed by atoms with Crippen LogP contribution in [0.1, 0.15) is 0 Å². The molecule has 0 spiro atoms. The zero-order chi connectivity index (χ0) is 24.8. The van der Waals surface area contributed by atoms with E-state index in [2.05, 4.69) is 4.90 Å². The van der Waals surface area contributed by atoms with E-state index < -0.39 is 10.0 Å². The van der Waals surface area contributed by atoms with Gasteiger partial charge in [0, 0.05) is 33.2 Å². The Morgan fingerprint density at radius 3 is 2.17 bits per heavy atom. The number of hydrogen-bond acceptors (Lipinski definition) is 6. The molecule has 9 heteroatoms. The normalized spacial score (nSPS) is 13.9. The average Bonchev–Trinajstić information content (AvgIpc) is 2.92. The van der Waals surface area contributed by atoms with E-state index in [-0.39, 0.29) is 17.4 Å². The Hall–Kier alpha value is -3.72. The third kappa shape index (κ3) is 5.51. The van der Waals surface area contributed by atoms with Crippen molar-refractivity contribution in [1.29, 1.82) is 0 Å². The summed E-state index contributed by atoms with van der Waals surface area (Å²) >= 11 is 0. The van der Waals surface area contributed by atoms with E-state index in [1.165, 1.54) is 11.4 Å². The zero-order valence-corrected chi connectivity index (χ0v) is 20.6. The molecule has 3 aromatic carbocycles. The molecule has 0 bridgehead atoms. The Labute approximate surface area is 206 Å². The van der Waals surface area contributed by atoms with E-state index in [9.17, 15) is 13.2 Å². The van der Waals surface area contributed by atoms with Crippen molar-refractivity contribution >= 4 is 27.3 Å². The summed E-state index contributed by atoms with van der Waals surface area (Å²) in [7, 11) is -0.493. The molecule has 1 fully saturated rings. The Kier molecular flexibility index (Phi) is 7.45. The number of carbonyl (C=O) groups is 1. The van der Waals surface area contributed by atoms with Gasteiger partial charge in [0.2, 0.25) is 0 Å². The molecule has 1 heterocycles. The molecule has 0 N–H and O–H groups in total. The number of amides is 1. The van der Waals surface area contributed by atoms with Gasteiger partial charge in [0.1, 0.15) is 11.5 Å². The van der Waals surface area contributed by atoms with Gasteiger partial charge < -0.3 is 19.3 Å². The highest BCUT2D eigenvalue weighted by atomic mass is 32.2. The summed E-state index contributed by atoms with van der Waals surface area (Å²) < 4.78 is 37.9. The monoisotopic (exact) mass is 495 g/mol. The highest BCUT2D eigenvalue weighted by Gasteiger charge is 2.24. The zero-order valence-electron chi connectivity index (χ0n) is 19.8. The summed E-state index contributed by atoms with van der Waals surface area (Å²) in [5, 5.41) is 0. The second-order valence-corrected chi connectivity index (χ2v) is 10.1. The summed E-state index contributed by atoms with van der Waals surface area (Å²) in [5.74, 6) is 1.24. The Morgan fingerprint density at radius 1 is 0.886 bits per heavy atom. The van der Waals surface area contributed by atoms with Crippen LogP contribution in [0.2, 0.25) is 0 Å². The molecular formula is C26H29N3O5S. The van der Waals surface area contributed by atoms with Crippen LogP contribution in [0.5, 0.6) is 11.5 Å². The number of carbonyl (C=O) groups excluding carboxylic acids is 1. The molecule has 35 heavy (non-hydrogen) atoms. The lowest BCUT2D eigenvalue weighted by molar-refractivity contribution is -0.133. The van der Waals surface area contributed by atoms with Crippen LogP contribution in [0.15, 0.2) is 83.8 Å². The summed E-state index contributed by atoms with van der Waals surface area (Å²) in [6, 6.07) is 22.8. The van der Waals surface area contributed by atoms with Crippen molar-refractivity contribution < 1.29 is 22.7 Å². The third-order valence-corrected chi connectivity index (χ3v) is 7.82. The largest absolute Gasteiger partial charge is 0.495 e. The first-order valence-electron chi connectivity index (χ1n) is 11.3. The van der Waals surface area contributed by atoms with Gasteiger partial charge in [-0.25, -0.2) is 8.42 Å². The number of rotatable bonds is 8. The van der Waals surface area contributed by atoms with Crippen molar-refractivity contribution in [3.63, 3.8) is 0 Å². The molecule has 0 aliphatic carbocycles. The molecule has 184 valence electrons. The van der Waals surface area contributed by atoms with Gasteiger partial charge in [-0.15, -0.1) is 0 Å². The van der Waals surface area contributed by atoms with Crippen molar-refractivity contribution in [3.05, 3.63) is 78.9 Å². The first kappa shape index (κ1) is 24.4. The SMILES string of the molecule is COc1ccccc1N1CCN(C(=O)COc2ccc(N(C)S(=O)(=O)c3ccccc3)cc2)CC1. The fourth-order valence-electron chi connectivity index (χ4n) is 3.97. The van der Waals surface area contributed by atoms with Gasteiger partial charge in [0.15, 0.2) is 6.61 Å². The van der Waals surface area contributed by atoms with E-state index >= 15 is 0 Å². The maximum Gasteiger partial charge on any atom is 0.264 e. The minimum Gasteiger partial charge on any atom is -0.495 e. The Bertz CT molecular complexity index is 1240. The van der Waals surface area contributed by atoms with Crippen molar-refractivity contribution in [1.82, 2.24) is 4.90 Å². The van der Waals surface area contributed by atoms with Gasteiger partial charge >= 0.3 is 0 Å². The second kappa shape index (κ2) is 10.7. The molecule has 1 aliphatic rings. The van der Waals surface area contributed by atoms with Crippen molar-refractivity contribution in [3.8, 4) is 11.5 Å². The number of ether oxygens (including phenoxy) is 2. The van der Waals surface area contributed by atoms with E-state index in [0.717, 1.165) is 11.4 Å². The lowest BCUT2D eigenvalue weighted by atomic mass is 10.2. The average molecular weight is 496 g/mol. The number of para-hydroxylation sites is 2. The van der Waals surface area contributed by atoms with E-state index in [1.807, 2.05) is 24.3 Å². The minimum absolute atomic E-state index is 0.0772. The lowest BCUT2D eigenvalue weighted by Crippen LogP contribution is -2.50. The van der Waals surface area contributed by atoms with Crippen LogP contribution in [0, 0.1) is 0 Å². The van der Waals surface area contributed by atoms with Gasteiger partial charge in [0.05, 0.1) is 23.4 Å². The smallest absolute Gasteiger partial charge is 0.264 e. The van der Waals surface area contributed by atoms with E-state index in [1.54, 1.807) is 66.6 Å². The number of sulfonamides is 1. The van der Waals surface area contributed by atoms with Crippen LogP contribution in [0.25, 0.3) is 0 Å². The highest BCUT2D eigenvalue weighted by molar-refractivity contribution is 7.92. The Balaban J connectivity index is 1.30. The van der Waals surface area contributed by atoms with E-state index in [0.29, 0.717) is 37.6 Å². The van der Waals surface area contributed by atoms with Crippen LogP contribution in [0.3, 0.4) is 0 Å². The van der Waals surface area contributed by atoms with Gasteiger partial charge in [0.25, 0.3) is 15.9 Å². The fraction of sp³-hybridized carbons (Fsp3) is 0.269. The Morgan fingerprint density at radius 2 is 1.51 bits per heavy atom. The van der Waals surface area contributed by atoms with Crippen molar-refractivity contribution in [2.75, 3.05) is 56.1 Å². The predicted octanol–water partition coefficient (Wildman–Crippen LogP) is 3.25. The molecule has 3 aromatic rings. The molecule has 0 saturated carbocycles. The van der Waals surface area contributed by atoms with E-state index in [4.69, 9.17) is 9.47 Å². The molecule has 1 amide bonds. The quantitative estimate of drug-likeness (QED) is 0.477. The second-order valence-electron chi connectivity index (χ2n) is 8.11. The molecule has 0 aromatic heterocycles. The molecule has 1 aliphatic heterocycles. The fourth-order valence-corrected chi connectivity index (χ4v) is 5.18. The highest BCUT2D eigenvalue weighted by Crippen LogP contribution is 2.28. The van der Waals surface area contributed by atoms with Crippen LogP contribution in [0.4, 0.5) is 11.4 Å². The van der Waals surface area contributed by atoms with Crippen LogP contribution >= 0.6 is 0 Å². The maximum absolute atomic E-state index is 12.8. The lowest BCUT2D eigenvalue weighted by Gasteiger charge is -2.36. The molecular weight excluding hydrogens is 466 g/mol. The molecule has 0 atom stereocenters. The number of anilines is 2. The topological polar surface area (TPSA) is 79.4 Å². The molecule has 0 unspecified atom stereocenters. The van der Waals surface area contributed by atoms with Gasteiger partial charge in [-0.3, -0.25) is 9.10 Å². The first-order valence-corrected chi connectivity index (χ1v) is 12.8. The number of hydrogen-bond donors (Lipinski definition) is 0. The van der Waals surface area contributed by atoms with Crippen LogP contribution < -0.4 is 18.7 Å². The first-order chi connectivity index (χ1) is 16.9. The third-order valence-electron chi connectivity index (χ3n) is 6.02. The van der Waals surface area contributed by atoms with Gasteiger partial charge in [-0.1, -0.05) is 30.3 Å². The number of methoxy groups -OCH3 is 1. The van der Waals surface area contributed by atoms with Crippen LogP contribution in [-0.4, -0.2) is 66.2 Å². The number of nitrogens with zero attached hydrogens (tertiary/aromatic N) is 3. The minimum atomic E-state index is -3.65. The molecule has 4 rings (SSSR count). The maximum atomic E-state index is 12.8. The van der Waals surface area contributed by atoms with Gasteiger partial charge in [-0.2, -0.15) is 0 Å². The summed E-state index contributed by atoms with van der Waals surface area (Å²) in [6.45, 7) is 2.54. The summed E-state index contributed by atoms with van der Waals surface area (Å²) in [6.07, 6.45) is 0. The molecule has 8 nitrogen and oxygen atoms in total. The van der Waals surface area contributed by atoms with Crippen LogP contribution in [-0.2, 0) is 14.8 Å². The predicted molar refractivity (Wildman–Crippen MR) is 136 cm³/mol.